The van der Waals surface area contributed by atoms with Gasteiger partial charge in [0.25, 0.3) is 0 Å². The fourth-order valence-electron chi connectivity index (χ4n) is 0.715. The Balaban J connectivity index is 0. The maximum Gasteiger partial charge on any atom is 0.394 e. The van der Waals surface area contributed by atoms with Crippen molar-refractivity contribution in [2.45, 2.75) is 24.9 Å². The summed E-state index contributed by atoms with van der Waals surface area (Å²) in [5.41, 5.74) is 10.6. The number of nitrogens with two attached hydrogens (primary N) is 2. The van der Waals surface area contributed by atoms with Crippen LogP contribution >= 0.6 is 21.6 Å². The lowest BCUT2D eigenvalue weighted by molar-refractivity contribution is -0.139. The molecular weight excluding hydrogens is 348 g/mol. The van der Waals surface area contributed by atoms with Gasteiger partial charge >= 0.3 is 22.3 Å². The van der Waals surface area contributed by atoms with E-state index >= 15 is 0 Å². The molecule has 0 aromatic carbocycles. The Labute approximate surface area is 129 Å². The quantitative estimate of drug-likeness (QED) is 0.171. The zero-order valence-electron chi connectivity index (χ0n) is 10.8. The number of rotatable bonds is 9. The SMILES string of the molecule is N[C@@H](CCSSCC[C@H](N)C(=O)O)C(=O)O.O=S(=O)(O)O. The topological polar surface area (TPSA) is 201 Å². The molecule has 0 saturated carbocycles. The minimum atomic E-state index is -4.67. The Morgan fingerprint density at radius 2 is 1.14 bits per heavy atom. The highest BCUT2D eigenvalue weighted by Crippen LogP contribution is 2.23. The molecule has 0 unspecified atom stereocenters. The molecule has 13 heteroatoms. The fourth-order valence-corrected chi connectivity index (χ4v) is 2.94. The average molecular weight is 366 g/mol. The van der Waals surface area contributed by atoms with Crippen molar-refractivity contribution in [2.24, 2.45) is 11.5 Å². The molecule has 8 N–H and O–H groups in total. The first-order chi connectivity index (χ1) is 9.45. The second kappa shape index (κ2) is 12.0. The summed E-state index contributed by atoms with van der Waals surface area (Å²) < 4.78 is 31.6. The number of carboxylic acid groups (broad SMARTS) is 2. The normalized spacial score (nSPS) is 13.7. The minimum Gasteiger partial charge on any atom is -0.480 e. The second-order valence-electron chi connectivity index (χ2n) is 3.56. The Hall–Kier alpha value is -0.570. The van der Waals surface area contributed by atoms with Gasteiger partial charge in [-0.1, -0.05) is 21.6 Å². The summed E-state index contributed by atoms with van der Waals surface area (Å²) in [6.45, 7) is 0. The van der Waals surface area contributed by atoms with E-state index in [9.17, 15) is 9.59 Å². The van der Waals surface area contributed by atoms with Gasteiger partial charge in [0.1, 0.15) is 12.1 Å². The van der Waals surface area contributed by atoms with Crippen LogP contribution in [0, 0.1) is 0 Å². The number of carboxylic acids is 2. The second-order valence-corrected chi connectivity index (χ2v) is 7.16. The molecule has 0 aliphatic heterocycles. The van der Waals surface area contributed by atoms with E-state index in [1.165, 1.54) is 21.6 Å². The van der Waals surface area contributed by atoms with Crippen molar-refractivity contribution < 1.29 is 37.3 Å². The smallest absolute Gasteiger partial charge is 0.394 e. The molecule has 0 bridgehead atoms. The first-order valence-electron chi connectivity index (χ1n) is 5.36. The lowest BCUT2D eigenvalue weighted by Gasteiger charge is -2.06. The molecule has 0 saturated heterocycles. The molecule has 0 aliphatic rings. The predicted octanol–water partition coefficient (Wildman–Crippen LogP) is -0.681. The van der Waals surface area contributed by atoms with Gasteiger partial charge < -0.3 is 21.7 Å². The zero-order valence-corrected chi connectivity index (χ0v) is 13.2. The summed E-state index contributed by atoms with van der Waals surface area (Å²) in [7, 11) is -1.71. The van der Waals surface area contributed by atoms with Gasteiger partial charge in [-0.15, -0.1) is 0 Å². The Morgan fingerprint density at radius 1 is 0.905 bits per heavy atom. The molecule has 21 heavy (non-hydrogen) atoms. The maximum atomic E-state index is 10.4. The van der Waals surface area contributed by atoms with Gasteiger partial charge in [0, 0.05) is 11.5 Å². The van der Waals surface area contributed by atoms with Crippen molar-refractivity contribution in [3.63, 3.8) is 0 Å². The van der Waals surface area contributed by atoms with Crippen molar-refractivity contribution in [3.8, 4) is 0 Å². The van der Waals surface area contributed by atoms with Crippen LogP contribution in [0.15, 0.2) is 0 Å². The van der Waals surface area contributed by atoms with Crippen LogP contribution in [0.3, 0.4) is 0 Å². The Kier molecular flexibility index (Phi) is 13.0. The monoisotopic (exact) mass is 366 g/mol. The summed E-state index contributed by atoms with van der Waals surface area (Å²) in [4.78, 5) is 20.7. The predicted molar refractivity (Wildman–Crippen MR) is 79.5 cm³/mol. The van der Waals surface area contributed by atoms with Gasteiger partial charge in [0.2, 0.25) is 0 Å². The van der Waals surface area contributed by atoms with Crippen molar-refractivity contribution in [1.82, 2.24) is 0 Å². The van der Waals surface area contributed by atoms with Crippen molar-refractivity contribution in [3.05, 3.63) is 0 Å². The molecule has 0 spiro atoms. The number of aliphatic carboxylic acids is 2. The molecule has 0 rings (SSSR count). The highest BCUT2D eigenvalue weighted by molar-refractivity contribution is 8.76. The van der Waals surface area contributed by atoms with Gasteiger partial charge in [0.15, 0.2) is 0 Å². The molecule has 0 aromatic heterocycles. The molecule has 0 heterocycles. The summed E-state index contributed by atoms with van der Waals surface area (Å²) in [5, 5.41) is 17.0. The third-order valence-corrected chi connectivity index (χ3v) is 4.21. The van der Waals surface area contributed by atoms with Crippen LogP contribution in [0.1, 0.15) is 12.8 Å². The summed E-state index contributed by atoms with van der Waals surface area (Å²) in [5.74, 6) is -0.752. The molecule has 0 amide bonds. The van der Waals surface area contributed by atoms with E-state index in [1.54, 1.807) is 0 Å². The number of carbonyl (C=O) groups is 2. The molecular formula is C8H18N2O8S3. The van der Waals surface area contributed by atoms with Crippen LogP contribution in [0.5, 0.6) is 0 Å². The standard InChI is InChI=1S/C8H16N2O4S2.H2O4S/c9-5(7(11)12)1-3-15-16-4-2-6(10)8(13)14;1-5(2,3)4/h5-6H,1-4,9-10H2,(H,11,12)(H,13,14);(H2,1,2,3,4)/t5-,6-;/m0./s1. The maximum absolute atomic E-state index is 10.4. The summed E-state index contributed by atoms with van der Waals surface area (Å²) in [6.07, 6.45) is 0.802. The zero-order chi connectivity index (χ0) is 17.1. The van der Waals surface area contributed by atoms with E-state index in [-0.39, 0.29) is 0 Å². The first kappa shape index (κ1) is 22.7. The molecule has 0 aliphatic carbocycles. The largest absolute Gasteiger partial charge is 0.480 e. The average Bonchev–Trinajstić information content (AvgIpc) is 2.30. The van der Waals surface area contributed by atoms with Gasteiger partial charge in [-0.05, 0) is 12.8 Å². The van der Waals surface area contributed by atoms with Crippen LogP contribution in [-0.2, 0) is 20.0 Å². The Morgan fingerprint density at radius 3 is 1.33 bits per heavy atom. The van der Waals surface area contributed by atoms with Crippen molar-refractivity contribution >= 4 is 43.9 Å². The third-order valence-electron chi connectivity index (χ3n) is 1.74. The van der Waals surface area contributed by atoms with Crippen molar-refractivity contribution in [2.75, 3.05) is 11.5 Å². The summed E-state index contributed by atoms with van der Waals surface area (Å²) in [6, 6.07) is -1.65. The van der Waals surface area contributed by atoms with E-state index in [4.69, 9.17) is 39.2 Å². The minimum absolute atomic E-state index is 0.401. The van der Waals surface area contributed by atoms with Crippen LogP contribution < -0.4 is 11.5 Å². The highest BCUT2D eigenvalue weighted by Gasteiger charge is 2.12. The van der Waals surface area contributed by atoms with Gasteiger partial charge in [-0.3, -0.25) is 18.7 Å². The van der Waals surface area contributed by atoms with E-state index < -0.39 is 34.4 Å². The van der Waals surface area contributed by atoms with Gasteiger partial charge in [0.05, 0.1) is 0 Å². The number of hydrogen-bond acceptors (Lipinski definition) is 8. The molecule has 126 valence electrons. The Bertz CT molecular complexity index is 384. The van der Waals surface area contributed by atoms with Crippen LogP contribution in [-0.4, -0.2) is 63.3 Å². The van der Waals surface area contributed by atoms with E-state index in [0.29, 0.717) is 24.3 Å². The van der Waals surface area contributed by atoms with Gasteiger partial charge in [-0.25, -0.2) is 0 Å². The molecule has 0 fully saturated rings. The molecule has 10 nitrogen and oxygen atoms in total. The molecule has 0 aromatic rings. The third kappa shape index (κ3) is 21.9. The molecule has 2 atom stereocenters. The van der Waals surface area contributed by atoms with E-state index in [1.807, 2.05) is 0 Å². The summed E-state index contributed by atoms with van der Waals surface area (Å²) >= 11 is 0. The van der Waals surface area contributed by atoms with Crippen molar-refractivity contribution in [1.29, 1.82) is 0 Å². The lowest BCUT2D eigenvalue weighted by Crippen LogP contribution is -2.30. The van der Waals surface area contributed by atoms with Crippen LogP contribution in [0.4, 0.5) is 0 Å². The highest BCUT2D eigenvalue weighted by atomic mass is 33.1. The molecule has 0 radical (unpaired) electrons. The van der Waals surface area contributed by atoms with Gasteiger partial charge in [-0.2, -0.15) is 8.42 Å². The van der Waals surface area contributed by atoms with Crippen LogP contribution in [0.25, 0.3) is 0 Å². The first-order valence-corrected chi connectivity index (χ1v) is 9.24. The van der Waals surface area contributed by atoms with Crippen LogP contribution in [0.2, 0.25) is 0 Å². The van der Waals surface area contributed by atoms with E-state index in [0.717, 1.165) is 0 Å². The van der Waals surface area contributed by atoms with E-state index in [2.05, 4.69) is 0 Å². The number of hydrogen-bond donors (Lipinski definition) is 6. The fraction of sp³-hybridized carbons (Fsp3) is 0.750. The lowest BCUT2D eigenvalue weighted by atomic mass is 10.2.